The Morgan fingerprint density at radius 3 is 3.07 bits per heavy atom. The van der Waals surface area contributed by atoms with Crippen LogP contribution < -0.4 is 5.32 Å². The van der Waals surface area contributed by atoms with Crippen molar-refractivity contribution in [2.45, 2.75) is 26.0 Å². The van der Waals surface area contributed by atoms with Gasteiger partial charge >= 0.3 is 0 Å². The molecule has 1 aromatic rings. The molecule has 1 heterocycles. The number of benzene rings is 1. The summed E-state index contributed by atoms with van der Waals surface area (Å²) in [4.78, 5) is 0. The van der Waals surface area contributed by atoms with E-state index < -0.39 is 0 Å². The fraction of sp³-hybridized carbons (Fsp3) is 0.364. The highest BCUT2D eigenvalue weighted by Gasteiger charge is 2.22. The Labute approximate surface area is 93.9 Å². The number of rotatable bonds is 2. The molecular formula is C11H13ClN2O. The standard InChI is InChI=1S/C11H13ClN2O/c1-2-3-10-14-9-6-7(12)4-5-8(9)11(13)15-10/h4-6,10,13-14H,2-3H2,1H3. The van der Waals surface area contributed by atoms with Crippen LogP contribution in [0.25, 0.3) is 0 Å². The number of hydrogen-bond donors (Lipinski definition) is 2. The molecule has 0 amide bonds. The van der Waals surface area contributed by atoms with Crippen LogP contribution >= 0.6 is 11.6 Å². The molecule has 0 saturated heterocycles. The first-order valence-corrected chi connectivity index (χ1v) is 5.40. The molecule has 1 aliphatic rings. The van der Waals surface area contributed by atoms with Gasteiger partial charge in [0.25, 0.3) is 0 Å². The Bertz CT molecular complexity index is 392. The maximum atomic E-state index is 7.74. The first kappa shape index (κ1) is 10.3. The quantitative estimate of drug-likeness (QED) is 0.810. The van der Waals surface area contributed by atoms with Crippen molar-refractivity contribution in [1.29, 1.82) is 5.41 Å². The molecule has 4 heteroatoms. The summed E-state index contributed by atoms with van der Waals surface area (Å²) in [5.41, 5.74) is 1.66. The third kappa shape index (κ3) is 2.07. The highest BCUT2D eigenvalue weighted by molar-refractivity contribution is 6.31. The average molecular weight is 225 g/mol. The second-order valence-electron chi connectivity index (χ2n) is 3.56. The molecule has 1 unspecified atom stereocenters. The van der Waals surface area contributed by atoms with Crippen LogP contribution in [0, 0.1) is 5.41 Å². The lowest BCUT2D eigenvalue weighted by Gasteiger charge is -2.28. The lowest BCUT2D eigenvalue weighted by Crippen LogP contribution is -2.32. The molecule has 2 N–H and O–H groups in total. The normalized spacial score (nSPS) is 19.1. The lowest BCUT2D eigenvalue weighted by molar-refractivity contribution is 0.198. The van der Waals surface area contributed by atoms with Gasteiger partial charge < -0.3 is 10.1 Å². The van der Waals surface area contributed by atoms with Crippen molar-refractivity contribution in [3.05, 3.63) is 28.8 Å². The number of ether oxygens (including phenoxy) is 1. The van der Waals surface area contributed by atoms with E-state index in [9.17, 15) is 0 Å². The van der Waals surface area contributed by atoms with Gasteiger partial charge in [-0.2, -0.15) is 0 Å². The van der Waals surface area contributed by atoms with Crippen LogP contribution in [0.5, 0.6) is 0 Å². The molecule has 1 aliphatic heterocycles. The second kappa shape index (κ2) is 4.11. The summed E-state index contributed by atoms with van der Waals surface area (Å²) in [7, 11) is 0. The van der Waals surface area contributed by atoms with Crippen LogP contribution in [-0.4, -0.2) is 12.1 Å². The molecule has 3 nitrogen and oxygen atoms in total. The smallest absolute Gasteiger partial charge is 0.217 e. The second-order valence-corrected chi connectivity index (χ2v) is 3.99. The third-order valence-corrected chi connectivity index (χ3v) is 2.59. The molecule has 2 rings (SSSR count). The zero-order chi connectivity index (χ0) is 10.8. The Balaban J connectivity index is 2.29. The first-order valence-electron chi connectivity index (χ1n) is 5.02. The molecule has 0 aromatic heterocycles. The van der Waals surface area contributed by atoms with Crippen molar-refractivity contribution in [1.82, 2.24) is 0 Å². The molecular weight excluding hydrogens is 212 g/mol. The number of hydrogen-bond acceptors (Lipinski definition) is 3. The monoisotopic (exact) mass is 224 g/mol. The highest BCUT2D eigenvalue weighted by atomic mass is 35.5. The number of halogens is 1. The Morgan fingerprint density at radius 1 is 1.53 bits per heavy atom. The number of fused-ring (bicyclic) bond motifs is 1. The molecule has 0 aliphatic carbocycles. The summed E-state index contributed by atoms with van der Waals surface area (Å²) in [5, 5.41) is 11.6. The summed E-state index contributed by atoms with van der Waals surface area (Å²) in [6.45, 7) is 2.09. The van der Waals surface area contributed by atoms with E-state index in [1.54, 1.807) is 12.1 Å². The Morgan fingerprint density at radius 2 is 2.33 bits per heavy atom. The van der Waals surface area contributed by atoms with E-state index >= 15 is 0 Å². The molecule has 0 fully saturated rings. The predicted molar refractivity (Wildman–Crippen MR) is 61.7 cm³/mol. The average Bonchev–Trinajstić information content (AvgIpc) is 2.17. The molecule has 80 valence electrons. The van der Waals surface area contributed by atoms with E-state index in [0.717, 1.165) is 24.1 Å². The van der Waals surface area contributed by atoms with E-state index in [-0.39, 0.29) is 12.1 Å². The van der Waals surface area contributed by atoms with Crippen molar-refractivity contribution in [2.24, 2.45) is 0 Å². The predicted octanol–water partition coefficient (Wildman–Crippen LogP) is 3.23. The van der Waals surface area contributed by atoms with Gasteiger partial charge in [0, 0.05) is 11.4 Å². The van der Waals surface area contributed by atoms with Crippen molar-refractivity contribution < 1.29 is 4.74 Å². The SMILES string of the molecule is CCCC1Nc2cc(Cl)ccc2C(=N)O1. The maximum Gasteiger partial charge on any atom is 0.217 e. The van der Waals surface area contributed by atoms with Gasteiger partial charge in [-0.15, -0.1) is 0 Å². The van der Waals surface area contributed by atoms with E-state index in [1.165, 1.54) is 0 Å². The molecule has 0 spiro atoms. The van der Waals surface area contributed by atoms with Gasteiger partial charge in [-0.05, 0) is 18.2 Å². The van der Waals surface area contributed by atoms with Crippen molar-refractivity contribution in [3.63, 3.8) is 0 Å². The molecule has 1 aromatic carbocycles. The molecule has 0 bridgehead atoms. The van der Waals surface area contributed by atoms with Gasteiger partial charge in [0.1, 0.15) is 0 Å². The van der Waals surface area contributed by atoms with Crippen LogP contribution in [0.1, 0.15) is 25.3 Å². The minimum absolute atomic E-state index is 0.103. The number of nitrogens with one attached hydrogen (secondary N) is 2. The van der Waals surface area contributed by atoms with Gasteiger partial charge in [0.2, 0.25) is 5.90 Å². The van der Waals surface area contributed by atoms with Crippen molar-refractivity contribution >= 4 is 23.2 Å². The van der Waals surface area contributed by atoms with Gasteiger partial charge in [-0.3, -0.25) is 5.41 Å². The summed E-state index contributed by atoms with van der Waals surface area (Å²) in [5.74, 6) is 0.221. The molecule has 15 heavy (non-hydrogen) atoms. The molecule has 0 saturated carbocycles. The van der Waals surface area contributed by atoms with Gasteiger partial charge in [0.15, 0.2) is 6.23 Å². The summed E-state index contributed by atoms with van der Waals surface area (Å²) >= 11 is 5.90. The van der Waals surface area contributed by atoms with Crippen LogP contribution in [0.15, 0.2) is 18.2 Å². The minimum atomic E-state index is -0.103. The first-order chi connectivity index (χ1) is 7.20. The van der Waals surface area contributed by atoms with Crippen molar-refractivity contribution in [2.75, 3.05) is 5.32 Å². The van der Waals surface area contributed by atoms with E-state index in [0.29, 0.717) is 5.02 Å². The summed E-state index contributed by atoms with van der Waals surface area (Å²) < 4.78 is 5.42. The van der Waals surface area contributed by atoms with Crippen LogP contribution in [0.4, 0.5) is 5.69 Å². The summed E-state index contributed by atoms with van der Waals surface area (Å²) in [6, 6.07) is 5.39. The molecule has 1 atom stereocenters. The van der Waals surface area contributed by atoms with E-state index in [2.05, 4.69) is 12.2 Å². The molecule has 0 radical (unpaired) electrons. The highest BCUT2D eigenvalue weighted by Crippen LogP contribution is 2.27. The van der Waals surface area contributed by atoms with Crippen LogP contribution in [0.2, 0.25) is 5.02 Å². The fourth-order valence-corrected chi connectivity index (χ4v) is 1.81. The number of anilines is 1. The minimum Gasteiger partial charge on any atom is -0.454 e. The Hall–Kier alpha value is -1.22. The van der Waals surface area contributed by atoms with Gasteiger partial charge in [-0.25, -0.2) is 0 Å². The fourth-order valence-electron chi connectivity index (χ4n) is 1.64. The topological polar surface area (TPSA) is 45.1 Å². The Kier molecular flexibility index (Phi) is 2.82. The van der Waals surface area contributed by atoms with Crippen LogP contribution in [0.3, 0.4) is 0 Å². The van der Waals surface area contributed by atoms with Gasteiger partial charge in [-0.1, -0.05) is 24.9 Å². The van der Waals surface area contributed by atoms with Crippen molar-refractivity contribution in [3.8, 4) is 0 Å². The van der Waals surface area contributed by atoms with Gasteiger partial charge in [0.05, 0.1) is 11.3 Å². The zero-order valence-corrected chi connectivity index (χ0v) is 9.27. The van der Waals surface area contributed by atoms with Crippen LogP contribution in [-0.2, 0) is 4.74 Å². The van der Waals surface area contributed by atoms with E-state index in [4.69, 9.17) is 21.7 Å². The summed E-state index contributed by atoms with van der Waals surface area (Å²) in [6.07, 6.45) is 1.79. The maximum absolute atomic E-state index is 7.74. The van der Waals surface area contributed by atoms with E-state index in [1.807, 2.05) is 6.07 Å². The zero-order valence-electron chi connectivity index (χ0n) is 8.51. The lowest BCUT2D eigenvalue weighted by atomic mass is 10.1. The third-order valence-electron chi connectivity index (χ3n) is 2.35. The largest absolute Gasteiger partial charge is 0.454 e.